The summed E-state index contributed by atoms with van der Waals surface area (Å²) in [6, 6.07) is 11.1. The fourth-order valence-corrected chi connectivity index (χ4v) is 7.67. The second-order valence-corrected chi connectivity index (χ2v) is 15.8. The predicted octanol–water partition coefficient (Wildman–Crippen LogP) is 2.86. The summed E-state index contributed by atoms with van der Waals surface area (Å²) in [4.78, 5) is 94.1. The topological polar surface area (TPSA) is 212 Å². The fraction of sp³-hybridized carbons (Fsp3) is 0.381. The van der Waals surface area contributed by atoms with E-state index >= 15 is 0 Å². The normalized spacial score (nSPS) is 16.0. The third-order valence-corrected chi connectivity index (χ3v) is 11.3. The largest absolute Gasteiger partial charge is 0.501 e. The van der Waals surface area contributed by atoms with Crippen molar-refractivity contribution >= 4 is 35.2 Å². The van der Waals surface area contributed by atoms with Gasteiger partial charge in [0.05, 0.1) is 12.5 Å². The number of hydrogen-bond donors (Lipinski definition) is 4. The maximum atomic E-state index is 13.9. The molecule has 2 aromatic heterocycles. The first-order valence-electron chi connectivity index (χ1n) is 19.6. The van der Waals surface area contributed by atoms with Gasteiger partial charge in [-0.2, -0.15) is 0 Å². The molecule has 0 spiro atoms. The highest BCUT2D eigenvalue weighted by molar-refractivity contribution is 6.30. The number of aromatic nitrogens is 4. The molecule has 0 bridgehead atoms. The average Bonchev–Trinajstić information content (AvgIpc) is 3.24. The van der Waals surface area contributed by atoms with Crippen LogP contribution in [0.2, 0.25) is 5.02 Å². The van der Waals surface area contributed by atoms with Gasteiger partial charge in [0, 0.05) is 71.9 Å². The molecular weight excluding hydrogens is 813 g/mol. The van der Waals surface area contributed by atoms with E-state index in [1.165, 1.54) is 43.2 Å². The zero-order chi connectivity index (χ0) is 44.3. The van der Waals surface area contributed by atoms with Crippen LogP contribution in [-0.4, -0.2) is 102 Å². The summed E-state index contributed by atoms with van der Waals surface area (Å²) in [5.41, 5.74) is -0.618. The van der Waals surface area contributed by atoms with E-state index in [0.717, 1.165) is 5.56 Å². The third-order valence-electron chi connectivity index (χ3n) is 11.0. The minimum Gasteiger partial charge on any atom is -0.501 e. The molecule has 0 saturated heterocycles. The molecule has 2 aliphatic heterocycles. The number of fused-ring (bicyclic) bond motifs is 2. The standard InChI is InChI=1S/C42H47ClFN9O8/c1-23(19-31(54)50(4)28-16-17-30-47-32(35(55)42(61)53(30)22-28)38(57)45-21-25-10-14-27(44)15-11-25)34(40(59)49(2)3)51(5)29-7-6-18-52-37(29)48-33(36(56)41(52)60)39(58)46-20-24-8-12-26(43)13-9-24/h8-15,28-29,55-56H,6-7,16-22H2,1-5H3,(H,45,57)(H,46,58)/b34-23+. The van der Waals surface area contributed by atoms with Crippen LogP contribution in [0.3, 0.4) is 0 Å². The van der Waals surface area contributed by atoms with E-state index in [1.54, 1.807) is 64.3 Å². The molecule has 2 unspecified atom stereocenters. The maximum Gasteiger partial charge on any atom is 0.296 e. The fourth-order valence-electron chi connectivity index (χ4n) is 7.55. The summed E-state index contributed by atoms with van der Waals surface area (Å²) >= 11 is 5.97. The number of carbonyl (C=O) groups excluding carboxylic acids is 4. The molecule has 17 nitrogen and oxygen atoms in total. The number of carbonyl (C=O) groups is 4. The van der Waals surface area contributed by atoms with Crippen molar-refractivity contribution in [1.29, 1.82) is 0 Å². The summed E-state index contributed by atoms with van der Waals surface area (Å²) < 4.78 is 15.8. The van der Waals surface area contributed by atoms with Gasteiger partial charge in [0.1, 0.15) is 23.2 Å². The average molecular weight is 860 g/mol. The molecule has 0 radical (unpaired) electrons. The third kappa shape index (κ3) is 9.43. The van der Waals surface area contributed by atoms with Gasteiger partial charge >= 0.3 is 0 Å². The quantitative estimate of drug-likeness (QED) is 0.152. The zero-order valence-electron chi connectivity index (χ0n) is 34.4. The number of hydrogen-bond acceptors (Lipinski definition) is 11. The van der Waals surface area contributed by atoms with Crippen LogP contribution < -0.4 is 21.8 Å². The Labute approximate surface area is 355 Å². The summed E-state index contributed by atoms with van der Waals surface area (Å²) in [7, 11) is 6.36. The van der Waals surface area contributed by atoms with Gasteiger partial charge in [-0.15, -0.1) is 0 Å². The minimum absolute atomic E-state index is 0.0116. The Kier molecular flexibility index (Phi) is 13.3. The smallest absolute Gasteiger partial charge is 0.296 e. The van der Waals surface area contributed by atoms with Crippen molar-refractivity contribution in [3.8, 4) is 11.5 Å². The number of benzene rings is 2. The Bertz CT molecular complexity index is 2520. The van der Waals surface area contributed by atoms with Gasteiger partial charge in [-0.05, 0) is 67.2 Å². The van der Waals surface area contributed by atoms with Gasteiger partial charge in [0.15, 0.2) is 11.4 Å². The summed E-state index contributed by atoms with van der Waals surface area (Å²) in [5, 5.41) is 27.3. The van der Waals surface area contributed by atoms with Crippen LogP contribution in [0.4, 0.5) is 4.39 Å². The molecule has 2 aliphatic rings. The Balaban J connectivity index is 1.20. The Morgan fingerprint density at radius 2 is 1.38 bits per heavy atom. The number of likely N-dealkylation sites (N-methyl/N-ethyl adjacent to an activating group) is 3. The molecule has 6 rings (SSSR count). The van der Waals surface area contributed by atoms with Crippen molar-refractivity contribution in [3.05, 3.63) is 126 Å². The van der Waals surface area contributed by atoms with Crippen LogP contribution >= 0.6 is 11.6 Å². The van der Waals surface area contributed by atoms with Gasteiger partial charge in [-0.1, -0.05) is 35.9 Å². The second-order valence-electron chi connectivity index (χ2n) is 15.4. The van der Waals surface area contributed by atoms with E-state index in [0.29, 0.717) is 35.4 Å². The maximum absolute atomic E-state index is 13.9. The Hall–Kier alpha value is -6.56. The van der Waals surface area contributed by atoms with E-state index in [1.807, 2.05) is 0 Å². The van der Waals surface area contributed by atoms with Crippen LogP contribution in [0, 0.1) is 5.82 Å². The van der Waals surface area contributed by atoms with Crippen LogP contribution in [0.5, 0.6) is 11.5 Å². The molecule has 2 atom stereocenters. The molecule has 2 aromatic carbocycles. The van der Waals surface area contributed by atoms with Gasteiger partial charge in [0.2, 0.25) is 17.4 Å². The molecule has 4 amide bonds. The summed E-state index contributed by atoms with van der Waals surface area (Å²) in [6.45, 7) is 1.96. The first-order valence-corrected chi connectivity index (χ1v) is 20.0. The van der Waals surface area contributed by atoms with Crippen molar-refractivity contribution in [2.75, 3.05) is 28.2 Å². The number of rotatable bonds is 12. The summed E-state index contributed by atoms with van der Waals surface area (Å²) in [6.07, 6.45) is 1.31. The Morgan fingerprint density at radius 1 is 0.820 bits per heavy atom. The number of aromatic hydroxyl groups is 2. The molecule has 61 heavy (non-hydrogen) atoms. The van der Waals surface area contributed by atoms with Crippen LogP contribution in [0.25, 0.3) is 0 Å². The lowest BCUT2D eigenvalue weighted by atomic mass is 10.0. The molecule has 4 heterocycles. The number of amides is 4. The predicted molar refractivity (Wildman–Crippen MR) is 221 cm³/mol. The molecule has 19 heteroatoms. The number of aryl methyl sites for hydroxylation is 1. The number of halogens is 2. The van der Waals surface area contributed by atoms with E-state index in [9.17, 15) is 43.4 Å². The van der Waals surface area contributed by atoms with Gasteiger partial charge < -0.3 is 35.5 Å². The van der Waals surface area contributed by atoms with Crippen molar-refractivity contribution in [1.82, 2.24) is 44.4 Å². The molecule has 0 aliphatic carbocycles. The van der Waals surface area contributed by atoms with Crippen LogP contribution in [0.15, 0.2) is 69.4 Å². The van der Waals surface area contributed by atoms with Gasteiger partial charge in [0.25, 0.3) is 28.8 Å². The first-order chi connectivity index (χ1) is 29.0. The molecule has 322 valence electrons. The molecule has 4 aromatic rings. The minimum atomic E-state index is -0.842. The van der Waals surface area contributed by atoms with Crippen molar-refractivity contribution in [2.24, 2.45) is 0 Å². The lowest BCUT2D eigenvalue weighted by Gasteiger charge is -2.37. The molecule has 4 N–H and O–H groups in total. The second kappa shape index (κ2) is 18.4. The lowest BCUT2D eigenvalue weighted by Crippen LogP contribution is -2.46. The lowest BCUT2D eigenvalue weighted by molar-refractivity contribution is -0.131. The van der Waals surface area contributed by atoms with E-state index in [4.69, 9.17) is 11.6 Å². The molecule has 0 fully saturated rings. The molecule has 0 saturated carbocycles. The zero-order valence-corrected chi connectivity index (χ0v) is 35.1. The van der Waals surface area contributed by atoms with Crippen molar-refractivity contribution < 1.29 is 33.8 Å². The van der Waals surface area contributed by atoms with Gasteiger partial charge in [-0.3, -0.25) is 37.9 Å². The Morgan fingerprint density at radius 3 is 1.97 bits per heavy atom. The van der Waals surface area contributed by atoms with Crippen molar-refractivity contribution in [2.45, 2.75) is 77.3 Å². The molecular formula is C42H47ClFN9O8. The van der Waals surface area contributed by atoms with Gasteiger partial charge in [-0.25, -0.2) is 14.4 Å². The van der Waals surface area contributed by atoms with E-state index in [2.05, 4.69) is 20.6 Å². The summed E-state index contributed by atoms with van der Waals surface area (Å²) in [5.74, 6) is -3.98. The number of nitrogens with zero attached hydrogens (tertiary/aromatic N) is 7. The highest BCUT2D eigenvalue weighted by Crippen LogP contribution is 2.33. The highest BCUT2D eigenvalue weighted by atomic mass is 35.5. The van der Waals surface area contributed by atoms with Crippen molar-refractivity contribution in [3.63, 3.8) is 0 Å². The van der Waals surface area contributed by atoms with Crippen LogP contribution in [0.1, 0.15) is 82.4 Å². The monoisotopic (exact) mass is 859 g/mol. The van der Waals surface area contributed by atoms with E-state index < -0.39 is 69.6 Å². The SMILES string of the molecule is C/C(CC(=O)N(C)C1CCc2nc(C(=O)NCc3ccc(F)cc3)c(O)c(=O)n2C1)=C(/C(=O)N(C)C)N(C)C1CCCn2c1nc(C(=O)NCc1ccc(Cl)cc1)c(O)c2=O. The highest BCUT2D eigenvalue weighted by Gasteiger charge is 2.35. The van der Waals surface area contributed by atoms with Crippen LogP contribution in [-0.2, 0) is 42.2 Å². The number of nitrogens with one attached hydrogen (secondary N) is 2. The van der Waals surface area contributed by atoms with E-state index in [-0.39, 0.29) is 62.3 Å². The first kappa shape index (κ1) is 44.0.